The summed E-state index contributed by atoms with van der Waals surface area (Å²) in [7, 11) is -2.34. The maximum atomic E-state index is 13.1. The van der Waals surface area contributed by atoms with Crippen molar-refractivity contribution in [3.63, 3.8) is 0 Å². The normalized spacial score (nSPS) is 11.3. The van der Waals surface area contributed by atoms with Crippen LogP contribution in [-0.2, 0) is 10.0 Å². The second kappa shape index (κ2) is 5.19. The van der Waals surface area contributed by atoms with Crippen LogP contribution in [0.4, 0.5) is 10.1 Å². The van der Waals surface area contributed by atoms with Crippen LogP contribution in [0.2, 0.25) is 5.02 Å². The summed E-state index contributed by atoms with van der Waals surface area (Å²) in [4.78, 5) is 0.101. The molecule has 2 aromatic carbocycles. The van der Waals surface area contributed by atoms with Gasteiger partial charge in [0.25, 0.3) is 10.0 Å². The number of anilines is 1. The van der Waals surface area contributed by atoms with Gasteiger partial charge in [0.2, 0.25) is 0 Å². The summed E-state index contributed by atoms with van der Waals surface area (Å²) in [5.41, 5.74) is 0.259. The fourth-order valence-corrected chi connectivity index (χ4v) is 2.89. The van der Waals surface area contributed by atoms with Crippen LogP contribution in [0, 0.1) is 5.82 Å². The highest BCUT2D eigenvalue weighted by atomic mass is 35.5. The second-order valence-corrected chi connectivity index (χ2v) is 6.31. The Morgan fingerprint density at radius 3 is 2.32 bits per heavy atom. The summed E-state index contributed by atoms with van der Waals surface area (Å²) in [6.45, 7) is 0. The first kappa shape index (κ1) is 13.8. The van der Waals surface area contributed by atoms with Crippen LogP contribution in [0.25, 0.3) is 0 Å². The first-order chi connectivity index (χ1) is 8.91. The molecule has 2 rings (SSSR count). The molecule has 19 heavy (non-hydrogen) atoms. The maximum Gasteiger partial charge on any atom is 0.264 e. The Bertz CT molecular complexity index is 686. The van der Waals surface area contributed by atoms with Gasteiger partial charge in [0.05, 0.1) is 10.6 Å². The van der Waals surface area contributed by atoms with Gasteiger partial charge in [-0.25, -0.2) is 12.8 Å². The number of hydrogen-bond acceptors (Lipinski definition) is 2. The van der Waals surface area contributed by atoms with Gasteiger partial charge in [-0.1, -0.05) is 17.7 Å². The molecule has 0 aromatic heterocycles. The molecule has 0 amide bonds. The van der Waals surface area contributed by atoms with Crippen LogP contribution in [0.15, 0.2) is 53.4 Å². The minimum atomic E-state index is -3.72. The van der Waals surface area contributed by atoms with Crippen LogP contribution < -0.4 is 4.31 Å². The van der Waals surface area contributed by atoms with Crippen molar-refractivity contribution in [1.29, 1.82) is 0 Å². The van der Waals surface area contributed by atoms with Gasteiger partial charge in [-0.2, -0.15) is 0 Å². The minimum Gasteiger partial charge on any atom is -0.269 e. The third-order valence-electron chi connectivity index (χ3n) is 2.64. The monoisotopic (exact) mass is 299 g/mol. The van der Waals surface area contributed by atoms with E-state index in [2.05, 4.69) is 0 Å². The Balaban J connectivity index is 2.42. The molecule has 0 saturated heterocycles. The Morgan fingerprint density at radius 2 is 1.74 bits per heavy atom. The SMILES string of the molecule is CN(c1cccc(F)c1)S(=O)(=O)c1ccc(Cl)cc1. The molecule has 3 nitrogen and oxygen atoms in total. The van der Waals surface area contributed by atoms with Gasteiger partial charge in [0.15, 0.2) is 0 Å². The van der Waals surface area contributed by atoms with Crippen molar-refractivity contribution < 1.29 is 12.8 Å². The first-order valence-electron chi connectivity index (χ1n) is 5.41. The zero-order valence-electron chi connectivity index (χ0n) is 10.0. The molecule has 100 valence electrons. The lowest BCUT2D eigenvalue weighted by Crippen LogP contribution is -2.26. The van der Waals surface area contributed by atoms with E-state index in [1.54, 1.807) is 0 Å². The minimum absolute atomic E-state index is 0.101. The van der Waals surface area contributed by atoms with E-state index in [9.17, 15) is 12.8 Å². The fourth-order valence-electron chi connectivity index (χ4n) is 1.58. The number of halogens is 2. The van der Waals surface area contributed by atoms with Crippen molar-refractivity contribution in [2.75, 3.05) is 11.4 Å². The third-order valence-corrected chi connectivity index (χ3v) is 4.70. The zero-order chi connectivity index (χ0) is 14.0. The van der Waals surface area contributed by atoms with Crippen molar-refractivity contribution >= 4 is 27.3 Å². The standard InChI is InChI=1S/C13H11ClFNO2S/c1-16(12-4-2-3-11(15)9-12)19(17,18)13-7-5-10(14)6-8-13/h2-9H,1H3. The molecule has 0 radical (unpaired) electrons. The fraction of sp³-hybridized carbons (Fsp3) is 0.0769. The molecule has 0 bridgehead atoms. The summed E-state index contributed by atoms with van der Waals surface area (Å²) in [5.74, 6) is -0.490. The van der Waals surface area contributed by atoms with E-state index in [1.165, 1.54) is 49.5 Å². The van der Waals surface area contributed by atoms with Crippen molar-refractivity contribution in [1.82, 2.24) is 0 Å². The van der Waals surface area contributed by atoms with Crippen molar-refractivity contribution in [3.05, 3.63) is 59.4 Å². The van der Waals surface area contributed by atoms with Crippen LogP contribution in [0.5, 0.6) is 0 Å². The molecular weight excluding hydrogens is 289 g/mol. The van der Waals surface area contributed by atoms with Crippen molar-refractivity contribution in [2.45, 2.75) is 4.90 Å². The molecule has 0 N–H and O–H groups in total. The molecule has 0 atom stereocenters. The molecule has 0 spiro atoms. The van der Waals surface area contributed by atoms with Crippen molar-refractivity contribution in [2.24, 2.45) is 0 Å². The molecule has 2 aromatic rings. The van der Waals surface area contributed by atoms with E-state index in [0.717, 1.165) is 10.4 Å². The predicted octanol–water partition coefficient (Wildman–Crippen LogP) is 3.30. The average Bonchev–Trinajstić information content (AvgIpc) is 2.38. The summed E-state index contributed by atoms with van der Waals surface area (Å²) >= 11 is 5.72. The number of hydrogen-bond donors (Lipinski definition) is 0. The quantitative estimate of drug-likeness (QED) is 0.872. The largest absolute Gasteiger partial charge is 0.269 e. The van der Waals surface area contributed by atoms with Gasteiger partial charge in [0.1, 0.15) is 5.82 Å². The van der Waals surface area contributed by atoms with Crippen LogP contribution in [-0.4, -0.2) is 15.5 Å². The smallest absolute Gasteiger partial charge is 0.264 e. The maximum absolute atomic E-state index is 13.1. The third kappa shape index (κ3) is 2.88. The Labute approximate surface area is 116 Å². The van der Waals surface area contributed by atoms with E-state index in [4.69, 9.17) is 11.6 Å². The number of nitrogens with zero attached hydrogens (tertiary/aromatic N) is 1. The molecule has 0 heterocycles. The van der Waals surface area contributed by atoms with Gasteiger partial charge in [0, 0.05) is 12.1 Å². The number of rotatable bonds is 3. The molecule has 0 aliphatic carbocycles. The summed E-state index contributed by atoms with van der Waals surface area (Å²) in [6.07, 6.45) is 0. The topological polar surface area (TPSA) is 37.4 Å². The van der Waals surface area contributed by atoms with Gasteiger partial charge in [-0.3, -0.25) is 4.31 Å². The van der Waals surface area contributed by atoms with E-state index in [-0.39, 0.29) is 10.6 Å². The van der Waals surface area contributed by atoms with E-state index >= 15 is 0 Å². The highest BCUT2D eigenvalue weighted by Gasteiger charge is 2.21. The van der Waals surface area contributed by atoms with Crippen LogP contribution >= 0.6 is 11.6 Å². The predicted molar refractivity (Wildman–Crippen MR) is 73.4 cm³/mol. The summed E-state index contributed by atoms with van der Waals surface area (Å²) in [6, 6.07) is 11.2. The second-order valence-electron chi connectivity index (χ2n) is 3.91. The molecule has 0 unspecified atom stereocenters. The highest BCUT2D eigenvalue weighted by Crippen LogP contribution is 2.23. The lowest BCUT2D eigenvalue weighted by atomic mass is 10.3. The zero-order valence-corrected chi connectivity index (χ0v) is 11.6. The molecule has 0 saturated carbocycles. The van der Waals surface area contributed by atoms with Gasteiger partial charge < -0.3 is 0 Å². The summed E-state index contributed by atoms with van der Waals surface area (Å²) < 4.78 is 38.8. The van der Waals surface area contributed by atoms with E-state index < -0.39 is 15.8 Å². The molecule has 6 heteroatoms. The molecule has 0 aliphatic rings. The average molecular weight is 300 g/mol. The Kier molecular flexibility index (Phi) is 3.78. The first-order valence-corrected chi connectivity index (χ1v) is 7.23. The van der Waals surface area contributed by atoms with Gasteiger partial charge in [-0.05, 0) is 42.5 Å². The Hall–Kier alpha value is -1.59. The van der Waals surface area contributed by atoms with Gasteiger partial charge >= 0.3 is 0 Å². The Morgan fingerprint density at radius 1 is 1.11 bits per heavy atom. The molecular formula is C13H11ClFNO2S. The highest BCUT2D eigenvalue weighted by molar-refractivity contribution is 7.92. The number of sulfonamides is 1. The lowest BCUT2D eigenvalue weighted by Gasteiger charge is -2.19. The summed E-state index contributed by atoms with van der Waals surface area (Å²) in [5, 5.41) is 0.451. The molecule has 0 aliphatic heterocycles. The van der Waals surface area contributed by atoms with Crippen LogP contribution in [0.1, 0.15) is 0 Å². The van der Waals surface area contributed by atoms with Crippen molar-refractivity contribution in [3.8, 4) is 0 Å². The lowest BCUT2D eigenvalue weighted by molar-refractivity contribution is 0.594. The molecule has 0 fully saturated rings. The van der Waals surface area contributed by atoms with E-state index in [0.29, 0.717) is 5.02 Å². The van der Waals surface area contributed by atoms with E-state index in [1.807, 2.05) is 0 Å². The van der Waals surface area contributed by atoms with Gasteiger partial charge in [-0.15, -0.1) is 0 Å². The van der Waals surface area contributed by atoms with Crippen LogP contribution in [0.3, 0.4) is 0 Å². The number of benzene rings is 2.